The SMILES string of the molecule is CC[CH]([SiH](C)C)[Sn]([Cl])([CH]1CCCCC1)[CH]1CCCCC1. The predicted octanol–water partition coefficient (Wildman–Crippen LogP) is 6.65. The summed E-state index contributed by atoms with van der Waals surface area (Å²) in [4.78, 5) is 0. The van der Waals surface area contributed by atoms with Gasteiger partial charge in [-0.25, -0.2) is 0 Å². The Morgan fingerprint density at radius 2 is 1.30 bits per heavy atom. The number of hydrogen-bond donors (Lipinski definition) is 0. The average Bonchev–Trinajstić information content (AvgIpc) is 2.49. The van der Waals surface area contributed by atoms with E-state index in [9.17, 15) is 0 Å². The van der Waals surface area contributed by atoms with Crippen molar-refractivity contribution in [2.45, 2.75) is 102 Å². The molecule has 0 nitrogen and oxygen atoms in total. The summed E-state index contributed by atoms with van der Waals surface area (Å²) in [6, 6.07) is 0. The van der Waals surface area contributed by atoms with Gasteiger partial charge in [-0.2, -0.15) is 0 Å². The molecule has 0 saturated heterocycles. The molecule has 1 unspecified atom stereocenters. The second-order valence-electron chi connectivity index (χ2n) is 7.76. The third kappa shape index (κ3) is 3.79. The third-order valence-corrected chi connectivity index (χ3v) is 40.0. The second kappa shape index (κ2) is 8.24. The van der Waals surface area contributed by atoms with E-state index in [1.165, 1.54) is 70.6 Å². The summed E-state index contributed by atoms with van der Waals surface area (Å²) in [6.07, 6.45) is 16.3. The minimum atomic E-state index is -2.51. The summed E-state index contributed by atoms with van der Waals surface area (Å²) in [5.41, 5.74) is 0. The van der Waals surface area contributed by atoms with E-state index in [-0.39, 0.29) is 0 Å². The quantitative estimate of drug-likeness (QED) is 0.436. The van der Waals surface area contributed by atoms with Crippen molar-refractivity contribution in [2.24, 2.45) is 0 Å². The van der Waals surface area contributed by atoms with Crippen molar-refractivity contribution in [1.29, 1.82) is 0 Å². The molecule has 2 aliphatic carbocycles. The molecule has 2 aliphatic rings. The van der Waals surface area contributed by atoms with Crippen LogP contribution in [0.4, 0.5) is 0 Å². The Hall–Kier alpha value is 1.31. The molecule has 0 heterocycles. The van der Waals surface area contributed by atoms with Crippen LogP contribution in [0.1, 0.15) is 77.6 Å². The molecule has 118 valence electrons. The van der Waals surface area contributed by atoms with Gasteiger partial charge in [0.05, 0.1) is 0 Å². The number of hydrogen-bond acceptors (Lipinski definition) is 0. The Balaban J connectivity index is 2.24. The van der Waals surface area contributed by atoms with Crippen LogP contribution >= 0.6 is 8.92 Å². The molecule has 0 N–H and O–H groups in total. The van der Waals surface area contributed by atoms with E-state index >= 15 is 0 Å². The fourth-order valence-corrected chi connectivity index (χ4v) is 43.2. The molecule has 0 bridgehead atoms. The first-order valence-electron chi connectivity index (χ1n) is 9.29. The van der Waals surface area contributed by atoms with Gasteiger partial charge in [-0.1, -0.05) is 0 Å². The summed E-state index contributed by atoms with van der Waals surface area (Å²) in [5, 5.41) is 0. The standard InChI is InChI=1S/2C6H11.C5H13Si.ClH.Sn/c2*1-2-4-6-5-3-1;1-4-5-6(2)3;;/h2*1H,2-6H2;5-6H,4H2,1-3H3;1H;/q;;;;+1/p-1. The molecule has 0 amide bonds. The fraction of sp³-hybridized carbons (Fsp3) is 1.00. The molecular formula is C17H35ClSiSn. The van der Waals surface area contributed by atoms with Gasteiger partial charge in [0.1, 0.15) is 0 Å². The van der Waals surface area contributed by atoms with Gasteiger partial charge in [-0.15, -0.1) is 0 Å². The summed E-state index contributed by atoms with van der Waals surface area (Å²) in [6.45, 7) is 7.64. The van der Waals surface area contributed by atoms with E-state index in [1.54, 1.807) is 0 Å². The van der Waals surface area contributed by atoms with Gasteiger partial charge in [-0.3, -0.25) is 0 Å². The molecule has 0 spiro atoms. The molecule has 2 fully saturated rings. The fourth-order valence-electron chi connectivity index (χ4n) is 5.32. The van der Waals surface area contributed by atoms with E-state index in [0.29, 0.717) is 0 Å². The normalized spacial score (nSPS) is 25.1. The van der Waals surface area contributed by atoms with Crippen molar-refractivity contribution in [3.8, 4) is 0 Å². The van der Waals surface area contributed by atoms with Gasteiger partial charge in [0, 0.05) is 0 Å². The van der Waals surface area contributed by atoms with Crippen LogP contribution in [0, 0.1) is 0 Å². The molecule has 0 radical (unpaired) electrons. The maximum absolute atomic E-state index is 7.80. The Kier molecular flexibility index (Phi) is 7.27. The number of halogens is 1. The van der Waals surface area contributed by atoms with E-state index in [4.69, 9.17) is 8.92 Å². The van der Waals surface area contributed by atoms with Crippen molar-refractivity contribution < 1.29 is 0 Å². The Morgan fingerprint density at radius 1 is 0.900 bits per heavy atom. The van der Waals surface area contributed by atoms with Crippen molar-refractivity contribution >= 4 is 35.0 Å². The summed E-state index contributed by atoms with van der Waals surface area (Å²) < 4.78 is 3.11. The van der Waals surface area contributed by atoms with Crippen molar-refractivity contribution in [3.63, 3.8) is 0 Å². The van der Waals surface area contributed by atoms with Crippen LogP contribution in [-0.2, 0) is 0 Å². The van der Waals surface area contributed by atoms with Gasteiger partial charge >= 0.3 is 137 Å². The maximum atomic E-state index is 7.80. The summed E-state index contributed by atoms with van der Waals surface area (Å²) >= 11 is -2.51. The zero-order valence-electron chi connectivity index (χ0n) is 14.0. The first kappa shape index (κ1) is 17.7. The Morgan fingerprint density at radius 3 is 1.60 bits per heavy atom. The number of rotatable bonds is 5. The van der Waals surface area contributed by atoms with E-state index in [1.807, 2.05) is 0 Å². The Bertz CT molecular complexity index is 265. The van der Waals surface area contributed by atoms with Gasteiger partial charge in [0.15, 0.2) is 0 Å². The zero-order chi connectivity index (χ0) is 14.6. The van der Waals surface area contributed by atoms with Gasteiger partial charge in [0.2, 0.25) is 0 Å². The minimum absolute atomic E-state index is 0.591. The van der Waals surface area contributed by atoms with Crippen LogP contribution in [0.3, 0.4) is 0 Å². The zero-order valence-corrected chi connectivity index (χ0v) is 18.7. The molecule has 0 aromatic carbocycles. The predicted molar refractivity (Wildman–Crippen MR) is 98.2 cm³/mol. The van der Waals surface area contributed by atoms with Crippen molar-refractivity contribution in [3.05, 3.63) is 0 Å². The van der Waals surface area contributed by atoms with E-state index in [0.717, 1.165) is 11.4 Å². The third-order valence-electron chi connectivity index (χ3n) is 6.27. The Labute approximate surface area is 136 Å². The molecule has 2 saturated carbocycles. The molecule has 3 heteroatoms. The molecule has 0 aromatic rings. The molecule has 1 atom stereocenters. The second-order valence-corrected chi connectivity index (χ2v) is 28.8. The van der Waals surface area contributed by atoms with Crippen molar-refractivity contribution in [1.82, 2.24) is 0 Å². The molecule has 0 aliphatic heterocycles. The summed E-state index contributed by atoms with van der Waals surface area (Å²) in [5.74, 6) is 0. The van der Waals surface area contributed by atoms with Crippen LogP contribution in [0.25, 0.3) is 0 Å². The topological polar surface area (TPSA) is 0 Å². The molecule has 0 aromatic heterocycles. The molecule has 2 rings (SSSR count). The van der Waals surface area contributed by atoms with Crippen molar-refractivity contribution in [2.75, 3.05) is 0 Å². The van der Waals surface area contributed by atoms with Gasteiger partial charge in [0.25, 0.3) is 0 Å². The van der Waals surface area contributed by atoms with Gasteiger partial charge < -0.3 is 0 Å². The van der Waals surface area contributed by atoms with Crippen LogP contribution in [0.15, 0.2) is 0 Å². The van der Waals surface area contributed by atoms with Crippen LogP contribution in [0.2, 0.25) is 24.5 Å². The molecular weight excluding hydrogens is 386 g/mol. The first-order chi connectivity index (χ1) is 9.60. The van der Waals surface area contributed by atoms with Gasteiger partial charge in [-0.05, 0) is 0 Å². The molecule has 20 heavy (non-hydrogen) atoms. The van der Waals surface area contributed by atoms with E-state index < -0.39 is 26.0 Å². The van der Waals surface area contributed by atoms with Crippen LogP contribution < -0.4 is 0 Å². The monoisotopic (exact) mass is 422 g/mol. The van der Waals surface area contributed by atoms with Crippen LogP contribution in [-0.4, -0.2) is 26.0 Å². The average molecular weight is 422 g/mol. The van der Waals surface area contributed by atoms with Crippen LogP contribution in [0.5, 0.6) is 0 Å². The summed E-state index contributed by atoms with van der Waals surface area (Å²) in [7, 11) is 7.21. The first-order valence-corrected chi connectivity index (χ1v) is 20.8. The van der Waals surface area contributed by atoms with E-state index in [2.05, 4.69) is 20.0 Å².